The number of amides is 1. The van der Waals surface area contributed by atoms with Gasteiger partial charge < -0.3 is 19.9 Å². The number of carbonyl (C=O) groups is 1. The monoisotopic (exact) mass is 514 g/mol. The van der Waals surface area contributed by atoms with Crippen LogP contribution < -0.4 is 10.2 Å². The van der Waals surface area contributed by atoms with Crippen molar-refractivity contribution in [1.82, 2.24) is 10.2 Å². The number of likely N-dealkylation sites (tertiary alicyclic amines) is 1. The number of nitrogens with zero attached hydrogens (tertiary/aromatic N) is 3. The molecule has 0 atom stereocenters. The van der Waals surface area contributed by atoms with Crippen LogP contribution in [0.5, 0.6) is 0 Å². The van der Waals surface area contributed by atoms with Gasteiger partial charge in [0.25, 0.3) is 0 Å². The molecule has 0 unspecified atom stereocenters. The molecule has 1 fully saturated rings. The third-order valence-electron chi connectivity index (χ3n) is 5.48. The molecular formula is C22H35IN4O2. The quantitative estimate of drug-likeness (QED) is 0.262. The second-order valence-electron chi connectivity index (χ2n) is 7.41. The Morgan fingerprint density at radius 2 is 1.97 bits per heavy atom. The number of fused-ring (bicyclic) bond motifs is 1. The number of piperidine rings is 1. The minimum absolute atomic E-state index is 0. The highest BCUT2D eigenvalue weighted by Gasteiger charge is 2.24. The molecule has 1 aromatic rings. The number of hydrogen-bond acceptors (Lipinski definition) is 3. The maximum absolute atomic E-state index is 12.6. The van der Waals surface area contributed by atoms with Crippen molar-refractivity contribution in [3.63, 3.8) is 0 Å². The molecule has 0 aromatic heterocycles. The lowest BCUT2D eigenvalue weighted by molar-refractivity contribution is -0.118. The van der Waals surface area contributed by atoms with Gasteiger partial charge in [-0.15, -0.1) is 24.0 Å². The van der Waals surface area contributed by atoms with Crippen LogP contribution in [-0.4, -0.2) is 62.2 Å². The van der Waals surface area contributed by atoms with Gasteiger partial charge in [-0.3, -0.25) is 9.79 Å². The lowest BCUT2D eigenvalue weighted by Crippen LogP contribution is -2.47. The van der Waals surface area contributed by atoms with Crippen LogP contribution in [0.25, 0.3) is 0 Å². The number of benzene rings is 1. The van der Waals surface area contributed by atoms with Gasteiger partial charge in [0.05, 0.1) is 6.10 Å². The number of guanidine groups is 1. The first-order valence-electron chi connectivity index (χ1n) is 10.8. The number of rotatable bonds is 7. The summed E-state index contributed by atoms with van der Waals surface area (Å²) >= 11 is 0. The number of para-hydroxylation sites is 1. The van der Waals surface area contributed by atoms with E-state index in [1.54, 1.807) is 0 Å². The Labute approximate surface area is 192 Å². The maximum atomic E-state index is 12.6. The summed E-state index contributed by atoms with van der Waals surface area (Å²) < 4.78 is 5.74. The Morgan fingerprint density at radius 1 is 1.21 bits per heavy atom. The second kappa shape index (κ2) is 12.4. The highest BCUT2D eigenvalue weighted by atomic mass is 127. The Morgan fingerprint density at radius 3 is 2.69 bits per heavy atom. The fourth-order valence-corrected chi connectivity index (χ4v) is 4.04. The molecule has 0 radical (unpaired) electrons. The zero-order valence-corrected chi connectivity index (χ0v) is 20.1. The minimum atomic E-state index is 0. The van der Waals surface area contributed by atoms with E-state index in [1.807, 2.05) is 23.1 Å². The Kier molecular flexibility index (Phi) is 10.2. The van der Waals surface area contributed by atoms with Crippen LogP contribution >= 0.6 is 24.0 Å². The standard InChI is InChI=1S/C22H34N4O2.HI/c1-3-23-22(25-15-12-19(13-16-25)28-4-2)24-14-7-10-21(27)26-17-11-18-8-5-6-9-20(18)26;/h5-6,8-9,19H,3-4,7,10-17H2,1-2H3,(H,23,24);1H. The average Bonchev–Trinajstić information content (AvgIpc) is 3.15. The second-order valence-corrected chi connectivity index (χ2v) is 7.41. The molecule has 2 aliphatic rings. The molecule has 3 rings (SSSR count). The number of halogens is 1. The average molecular weight is 514 g/mol. The Hall–Kier alpha value is -1.35. The van der Waals surface area contributed by atoms with Gasteiger partial charge in [-0.1, -0.05) is 18.2 Å². The van der Waals surface area contributed by atoms with Crippen LogP contribution in [0.1, 0.15) is 45.1 Å². The van der Waals surface area contributed by atoms with Gasteiger partial charge in [-0.25, -0.2) is 0 Å². The highest BCUT2D eigenvalue weighted by molar-refractivity contribution is 14.0. The van der Waals surface area contributed by atoms with Crippen LogP contribution in [0.3, 0.4) is 0 Å². The first-order valence-corrected chi connectivity index (χ1v) is 10.8. The molecule has 0 aliphatic carbocycles. The zero-order valence-electron chi connectivity index (χ0n) is 17.7. The number of carbonyl (C=O) groups excluding carboxylic acids is 1. The summed E-state index contributed by atoms with van der Waals surface area (Å²) in [5.41, 5.74) is 2.36. The van der Waals surface area contributed by atoms with E-state index in [4.69, 9.17) is 9.73 Å². The molecule has 1 N–H and O–H groups in total. The molecule has 2 heterocycles. The summed E-state index contributed by atoms with van der Waals surface area (Å²) in [4.78, 5) is 21.6. The van der Waals surface area contributed by atoms with Gasteiger partial charge in [0.15, 0.2) is 5.96 Å². The molecule has 7 heteroatoms. The van der Waals surface area contributed by atoms with Crippen molar-refractivity contribution in [2.75, 3.05) is 44.2 Å². The van der Waals surface area contributed by atoms with Gasteiger partial charge in [-0.05, 0) is 51.2 Å². The molecule has 6 nitrogen and oxygen atoms in total. The molecule has 0 bridgehead atoms. The summed E-state index contributed by atoms with van der Waals surface area (Å²) in [5.74, 6) is 1.18. The molecule has 1 amide bonds. The molecule has 1 aromatic carbocycles. The normalized spacial score (nSPS) is 17.1. The summed E-state index contributed by atoms with van der Waals surface area (Å²) in [7, 11) is 0. The third-order valence-corrected chi connectivity index (χ3v) is 5.48. The predicted octanol–water partition coefficient (Wildman–Crippen LogP) is 3.44. The topological polar surface area (TPSA) is 57.2 Å². The van der Waals surface area contributed by atoms with Crippen LogP contribution in [0.2, 0.25) is 0 Å². The van der Waals surface area contributed by atoms with E-state index < -0.39 is 0 Å². The van der Waals surface area contributed by atoms with Gasteiger partial charge in [0, 0.05) is 51.4 Å². The van der Waals surface area contributed by atoms with E-state index in [0.717, 1.165) is 70.1 Å². The lowest BCUT2D eigenvalue weighted by Gasteiger charge is -2.34. The van der Waals surface area contributed by atoms with Crippen molar-refractivity contribution < 1.29 is 9.53 Å². The van der Waals surface area contributed by atoms with E-state index in [-0.39, 0.29) is 29.9 Å². The molecule has 29 heavy (non-hydrogen) atoms. The number of nitrogens with one attached hydrogen (secondary N) is 1. The summed E-state index contributed by atoms with van der Waals surface area (Å²) in [5, 5.41) is 3.40. The number of ether oxygens (including phenoxy) is 1. The lowest BCUT2D eigenvalue weighted by atomic mass is 10.1. The Balaban J connectivity index is 0.00000300. The fraction of sp³-hybridized carbons (Fsp3) is 0.636. The minimum Gasteiger partial charge on any atom is -0.378 e. The molecular weight excluding hydrogens is 479 g/mol. The van der Waals surface area contributed by atoms with Crippen molar-refractivity contribution in [3.8, 4) is 0 Å². The first-order chi connectivity index (χ1) is 13.7. The van der Waals surface area contributed by atoms with Crippen LogP contribution in [-0.2, 0) is 16.0 Å². The first kappa shape index (κ1) is 23.9. The highest BCUT2D eigenvalue weighted by Crippen LogP contribution is 2.28. The fourth-order valence-electron chi connectivity index (χ4n) is 4.04. The zero-order chi connectivity index (χ0) is 19.8. The van der Waals surface area contributed by atoms with E-state index >= 15 is 0 Å². The molecule has 2 aliphatic heterocycles. The number of hydrogen-bond donors (Lipinski definition) is 1. The maximum Gasteiger partial charge on any atom is 0.227 e. The smallest absolute Gasteiger partial charge is 0.227 e. The number of anilines is 1. The predicted molar refractivity (Wildman–Crippen MR) is 129 cm³/mol. The van der Waals surface area contributed by atoms with Gasteiger partial charge in [-0.2, -0.15) is 0 Å². The molecule has 0 saturated carbocycles. The summed E-state index contributed by atoms with van der Waals surface area (Å²) in [6.07, 6.45) is 4.76. The summed E-state index contributed by atoms with van der Waals surface area (Å²) in [6.45, 7) is 9.21. The third kappa shape index (κ3) is 6.57. The van der Waals surface area contributed by atoms with Crippen molar-refractivity contribution >= 4 is 41.5 Å². The van der Waals surface area contributed by atoms with E-state index in [9.17, 15) is 4.79 Å². The van der Waals surface area contributed by atoms with Crippen molar-refractivity contribution in [2.45, 2.75) is 52.1 Å². The van der Waals surface area contributed by atoms with Crippen LogP contribution in [0.15, 0.2) is 29.3 Å². The molecule has 1 saturated heterocycles. The van der Waals surface area contributed by atoms with Gasteiger partial charge >= 0.3 is 0 Å². The molecule has 0 spiro atoms. The largest absolute Gasteiger partial charge is 0.378 e. The van der Waals surface area contributed by atoms with Crippen LogP contribution in [0.4, 0.5) is 5.69 Å². The van der Waals surface area contributed by atoms with E-state index in [2.05, 4.69) is 30.1 Å². The Bertz CT molecular complexity index is 675. The SMILES string of the molecule is CCNC(=NCCCC(=O)N1CCc2ccccc21)N1CCC(OCC)CC1.I. The van der Waals surface area contributed by atoms with Crippen molar-refractivity contribution in [3.05, 3.63) is 29.8 Å². The van der Waals surface area contributed by atoms with Gasteiger partial charge in [0.2, 0.25) is 5.91 Å². The van der Waals surface area contributed by atoms with Crippen molar-refractivity contribution in [2.24, 2.45) is 4.99 Å². The van der Waals surface area contributed by atoms with E-state index in [1.165, 1.54) is 5.56 Å². The van der Waals surface area contributed by atoms with Crippen LogP contribution in [0, 0.1) is 0 Å². The van der Waals surface area contributed by atoms with Gasteiger partial charge in [0.1, 0.15) is 0 Å². The van der Waals surface area contributed by atoms with Crippen molar-refractivity contribution in [1.29, 1.82) is 0 Å². The van der Waals surface area contributed by atoms with E-state index in [0.29, 0.717) is 19.1 Å². The molecule has 162 valence electrons. The summed E-state index contributed by atoms with van der Waals surface area (Å²) in [6, 6.07) is 8.21. The number of aliphatic imine (C=N–C) groups is 1.